The van der Waals surface area contributed by atoms with Crippen molar-refractivity contribution < 1.29 is 4.79 Å². The molecule has 1 aromatic heterocycles. The van der Waals surface area contributed by atoms with Crippen LogP contribution in [0.25, 0.3) is 28.2 Å². The number of carbonyl (C=O) groups excluding carboxylic acids is 1. The Morgan fingerprint density at radius 1 is 0.722 bits per heavy atom. The SMILES string of the molecule is O=C(CSc1nc(-c2ccccc2)c(-c2ccccc2)n1-c1ccccc1)NCCc1ccccc1. The average Bonchev–Trinajstić information content (AvgIpc) is 3.33. The number of thioether (sulfide) groups is 1. The van der Waals surface area contributed by atoms with Gasteiger partial charge in [0.05, 0.1) is 17.1 Å². The molecular formula is C31H27N3OS. The number of nitrogens with one attached hydrogen (secondary N) is 1. The Kier molecular flexibility index (Phi) is 7.59. The van der Waals surface area contributed by atoms with Gasteiger partial charge in [0, 0.05) is 23.4 Å². The zero-order chi connectivity index (χ0) is 24.6. The first-order valence-electron chi connectivity index (χ1n) is 12.0. The van der Waals surface area contributed by atoms with Gasteiger partial charge in [0.2, 0.25) is 5.91 Å². The molecule has 5 rings (SSSR count). The van der Waals surface area contributed by atoms with Gasteiger partial charge in [0.1, 0.15) is 0 Å². The van der Waals surface area contributed by atoms with Gasteiger partial charge in [-0.25, -0.2) is 4.98 Å². The second-order valence-electron chi connectivity index (χ2n) is 8.37. The van der Waals surface area contributed by atoms with E-state index < -0.39 is 0 Å². The molecule has 5 aromatic rings. The maximum absolute atomic E-state index is 12.7. The summed E-state index contributed by atoms with van der Waals surface area (Å²) >= 11 is 1.46. The van der Waals surface area contributed by atoms with E-state index in [1.807, 2.05) is 72.8 Å². The minimum atomic E-state index is 0.000986. The topological polar surface area (TPSA) is 46.9 Å². The van der Waals surface area contributed by atoms with Crippen LogP contribution in [-0.2, 0) is 11.2 Å². The average molecular weight is 490 g/mol. The standard InChI is InChI=1S/C31H27N3OS/c35-28(32-22-21-24-13-5-1-6-14-24)23-36-31-33-29(25-15-7-2-8-16-25)30(26-17-9-3-10-18-26)34(31)27-19-11-4-12-20-27/h1-20H,21-23H2,(H,32,35). The van der Waals surface area contributed by atoms with Crippen LogP contribution in [0.15, 0.2) is 126 Å². The minimum Gasteiger partial charge on any atom is -0.355 e. The lowest BCUT2D eigenvalue weighted by Gasteiger charge is -2.13. The second-order valence-corrected chi connectivity index (χ2v) is 9.31. The lowest BCUT2D eigenvalue weighted by atomic mass is 10.0. The predicted octanol–water partition coefficient (Wildman–Crippen LogP) is 6.66. The van der Waals surface area contributed by atoms with E-state index in [0.29, 0.717) is 12.3 Å². The van der Waals surface area contributed by atoms with Crippen molar-refractivity contribution in [1.82, 2.24) is 14.9 Å². The smallest absolute Gasteiger partial charge is 0.230 e. The number of rotatable bonds is 9. The third-order valence-corrected chi connectivity index (χ3v) is 6.81. The first-order chi connectivity index (χ1) is 17.8. The Labute approximate surface area is 216 Å². The number of imidazole rings is 1. The van der Waals surface area contributed by atoms with Crippen LogP contribution in [0.5, 0.6) is 0 Å². The van der Waals surface area contributed by atoms with E-state index in [1.54, 1.807) is 0 Å². The molecule has 0 bridgehead atoms. The molecule has 0 spiro atoms. The molecule has 0 unspecified atom stereocenters. The van der Waals surface area contributed by atoms with E-state index in [-0.39, 0.29) is 5.91 Å². The Bertz CT molecular complexity index is 1400. The summed E-state index contributed by atoms with van der Waals surface area (Å²) in [7, 11) is 0. The molecular weight excluding hydrogens is 462 g/mol. The van der Waals surface area contributed by atoms with Crippen molar-refractivity contribution >= 4 is 17.7 Å². The van der Waals surface area contributed by atoms with Crippen molar-refractivity contribution in [2.24, 2.45) is 0 Å². The normalized spacial score (nSPS) is 10.8. The number of hydrogen-bond acceptors (Lipinski definition) is 3. The fourth-order valence-electron chi connectivity index (χ4n) is 4.14. The van der Waals surface area contributed by atoms with Crippen LogP contribution >= 0.6 is 11.8 Å². The molecule has 1 N–H and O–H groups in total. The van der Waals surface area contributed by atoms with Gasteiger partial charge in [0.25, 0.3) is 0 Å². The highest BCUT2D eigenvalue weighted by Gasteiger charge is 2.22. The van der Waals surface area contributed by atoms with E-state index in [2.05, 4.69) is 58.4 Å². The molecule has 5 heteroatoms. The van der Waals surface area contributed by atoms with Crippen molar-refractivity contribution in [2.75, 3.05) is 12.3 Å². The van der Waals surface area contributed by atoms with Crippen molar-refractivity contribution in [3.8, 4) is 28.2 Å². The highest BCUT2D eigenvalue weighted by Crippen LogP contribution is 2.38. The second kappa shape index (κ2) is 11.6. The number of amides is 1. The fraction of sp³-hybridized carbons (Fsp3) is 0.0968. The molecule has 1 amide bonds. The molecule has 178 valence electrons. The summed E-state index contributed by atoms with van der Waals surface area (Å²) in [5.74, 6) is 0.294. The molecule has 0 radical (unpaired) electrons. The number of aromatic nitrogens is 2. The Morgan fingerprint density at radius 2 is 1.28 bits per heavy atom. The summed E-state index contributed by atoms with van der Waals surface area (Å²) < 4.78 is 2.17. The van der Waals surface area contributed by atoms with Crippen LogP contribution < -0.4 is 5.32 Å². The lowest BCUT2D eigenvalue weighted by molar-refractivity contribution is -0.118. The van der Waals surface area contributed by atoms with Crippen molar-refractivity contribution in [3.05, 3.63) is 127 Å². The maximum Gasteiger partial charge on any atom is 0.230 e. The molecule has 36 heavy (non-hydrogen) atoms. The number of para-hydroxylation sites is 1. The molecule has 1 heterocycles. The molecule has 0 aliphatic rings. The van der Waals surface area contributed by atoms with Gasteiger partial charge in [-0.15, -0.1) is 0 Å². The Balaban J connectivity index is 1.45. The zero-order valence-electron chi connectivity index (χ0n) is 19.9. The van der Waals surface area contributed by atoms with Crippen LogP contribution in [0.3, 0.4) is 0 Å². The minimum absolute atomic E-state index is 0.000986. The Hall–Kier alpha value is -4.09. The number of hydrogen-bond donors (Lipinski definition) is 1. The van der Waals surface area contributed by atoms with E-state index in [1.165, 1.54) is 17.3 Å². The van der Waals surface area contributed by atoms with Crippen molar-refractivity contribution in [1.29, 1.82) is 0 Å². The van der Waals surface area contributed by atoms with Crippen LogP contribution in [0.1, 0.15) is 5.56 Å². The van der Waals surface area contributed by atoms with Gasteiger partial charge >= 0.3 is 0 Å². The van der Waals surface area contributed by atoms with E-state index in [9.17, 15) is 4.79 Å². The monoisotopic (exact) mass is 489 g/mol. The van der Waals surface area contributed by atoms with Gasteiger partial charge in [-0.1, -0.05) is 121 Å². The summed E-state index contributed by atoms with van der Waals surface area (Å²) in [6.45, 7) is 0.612. The highest BCUT2D eigenvalue weighted by atomic mass is 32.2. The van der Waals surface area contributed by atoms with Crippen LogP contribution in [0.4, 0.5) is 0 Å². The fourth-order valence-corrected chi connectivity index (χ4v) is 4.99. The first kappa shape index (κ1) is 23.6. The first-order valence-corrected chi connectivity index (χ1v) is 13.0. The van der Waals surface area contributed by atoms with E-state index in [0.717, 1.165) is 39.8 Å². The van der Waals surface area contributed by atoms with Crippen molar-refractivity contribution in [2.45, 2.75) is 11.6 Å². The third-order valence-electron chi connectivity index (χ3n) is 5.87. The molecule has 0 aliphatic heterocycles. The number of carbonyl (C=O) groups is 1. The summed E-state index contributed by atoms with van der Waals surface area (Å²) in [6.07, 6.45) is 0.812. The summed E-state index contributed by atoms with van der Waals surface area (Å²) in [4.78, 5) is 17.8. The quantitative estimate of drug-likeness (QED) is 0.236. The maximum atomic E-state index is 12.7. The summed E-state index contributed by atoms with van der Waals surface area (Å²) in [5, 5.41) is 3.84. The van der Waals surface area contributed by atoms with Crippen LogP contribution in [0.2, 0.25) is 0 Å². The molecule has 4 nitrogen and oxygen atoms in total. The zero-order valence-corrected chi connectivity index (χ0v) is 20.7. The van der Waals surface area contributed by atoms with Gasteiger partial charge in [-0.05, 0) is 24.1 Å². The molecule has 0 aliphatic carbocycles. The molecule has 4 aromatic carbocycles. The van der Waals surface area contributed by atoms with Gasteiger partial charge in [-0.3, -0.25) is 9.36 Å². The Morgan fingerprint density at radius 3 is 1.92 bits per heavy atom. The number of nitrogens with zero attached hydrogens (tertiary/aromatic N) is 2. The predicted molar refractivity (Wildman–Crippen MR) is 148 cm³/mol. The summed E-state index contributed by atoms with van der Waals surface area (Å²) in [6, 6.07) is 40.9. The molecule has 0 saturated heterocycles. The van der Waals surface area contributed by atoms with Crippen LogP contribution in [-0.4, -0.2) is 27.8 Å². The number of benzene rings is 4. The van der Waals surface area contributed by atoms with Gasteiger partial charge in [-0.2, -0.15) is 0 Å². The van der Waals surface area contributed by atoms with E-state index >= 15 is 0 Å². The third kappa shape index (κ3) is 5.58. The largest absolute Gasteiger partial charge is 0.355 e. The molecule has 0 saturated carbocycles. The lowest BCUT2D eigenvalue weighted by Crippen LogP contribution is -2.27. The molecule has 0 fully saturated rings. The van der Waals surface area contributed by atoms with Crippen molar-refractivity contribution in [3.63, 3.8) is 0 Å². The molecule has 0 atom stereocenters. The van der Waals surface area contributed by atoms with Crippen LogP contribution in [0, 0.1) is 0 Å². The summed E-state index contributed by atoms with van der Waals surface area (Å²) in [5.41, 5.74) is 6.26. The van der Waals surface area contributed by atoms with Gasteiger partial charge in [0.15, 0.2) is 5.16 Å². The van der Waals surface area contributed by atoms with Gasteiger partial charge < -0.3 is 5.32 Å². The van der Waals surface area contributed by atoms with E-state index in [4.69, 9.17) is 4.98 Å². The highest BCUT2D eigenvalue weighted by molar-refractivity contribution is 7.99.